The standard InChI is InChI=1S/C21H20N2O/c1-24-16-7-8-19-18(12-16)17-9-10-23-13-15-6-4-2-3-5-14(15)11-20(23)21(17)22-19/h7-13H,2-6H2,1H3. The van der Waals surface area contributed by atoms with E-state index in [4.69, 9.17) is 9.72 Å². The van der Waals surface area contributed by atoms with Crippen molar-refractivity contribution < 1.29 is 4.74 Å². The van der Waals surface area contributed by atoms with Crippen LogP contribution in [-0.2, 0) is 12.8 Å². The lowest BCUT2D eigenvalue weighted by Gasteiger charge is -2.12. The van der Waals surface area contributed by atoms with Crippen molar-refractivity contribution in [1.29, 1.82) is 0 Å². The fourth-order valence-electron chi connectivity index (χ4n) is 4.01. The molecule has 5 rings (SSSR count). The number of hydrogen-bond acceptors (Lipinski definition) is 2. The molecule has 2 aliphatic heterocycles. The first-order chi connectivity index (χ1) is 11.8. The van der Waals surface area contributed by atoms with Crippen LogP contribution in [0.1, 0.15) is 30.4 Å². The predicted octanol–water partition coefficient (Wildman–Crippen LogP) is 4.87. The second-order valence-electron chi connectivity index (χ2n) is 6.75. The molecule has 3 nitrogen and oxygen atoms in total. The number of ether oxygens (including phenoxy) is 1. The molecular formula is C21H20N2O. The fourth-order valence-corrected chi connectivity index (χ4v) is 4.01. The zero-order chi connectivity index (χ0) is 16.1. The van der Waals surface area contributed by atoms with Gasteiger partial charge in [0.1, 0.15) is 5.75 Å². The minimum atomic E-state index is 0.881. The summed E-state index contributed by atoms with van der Waals surface area (Å²) in [5, 5.41) is 1.17. The Hall–Kier alpha value is -2.55. The van der Waals surface area contributed by atoms with Gasteiger partial charge in [-0.05, 0) is 67.1 Å². The maximum absolute atomic E-state index is 5.38. The number of rotatable bonds is 1. The van der Waals surface area contributed by atoms with Crippen LogP contribution in [0.3, 0.4) is 0 Å². The summed E-state index contributed by atoms with van der Waals surface area (Å²) < 4.78 is 7.63. The maximum Gasteiger partial charge on any atom is 0.119 e. The van der Waals surface area contributed by atoms with Gasteiger partial charge in [0.2, 0.25) is 0 Å². The van der Waals surface area contributed by atoms with Crippen LogP contribution in [0.4, 0.5) is 0 Å². The molecule has 3 aliphatic rings. The molecule has 3 heteroatoms. The second-order valence-corrected chi connectivity index (χ2v) is 6.75. The summed E-state index contributed by atoms with van der Waals surface area (Å²) in [6.07, 6.45) is 10.8. The number of methoxy groups -OCH3 is 1. The van der Waals surface area contributed by atoms with E-state index in [-0.39, 0.29) is 0 Å². The maximum atomic E-state index is 5.38. The second kappa shape index (κ2) is 5.23. The Bertz CT molecular complexity index is 1030. The molecule has 24 heavy (non-hydrogen) atoms. The molecule has 3 heterocycles. The van der Waals surface area contributed by atoms with E-state index in [9.17, 15) is 0 Å². The monoisotopic (exact) mass is 316 g/mol. The number of hydrogen-bond donors (Lipinski definition) is 0. The van der Waals surface area contributed by atoms with Crippen molar-refractivity contribution in [2.24, 2.45) is 0 Å². The Balaban J connectivity index is 1.80. The van der Waals surface area contributed by atoms with Crippen LogP contribution < -0.4 is 4.74 Å². The number of aryl methyl sites for hydroxylation is 2. The van der Waals surface area contributed by atoms with Crippen LogP contribution in [0.5, 0.6) is 5.75 Å². The topological polar surface area (TPSA) is 26.5 Å². The Morgan fingerprint density at radius 1 is 1.00 bits per heavy atom. The number of fused-ring (bicyclic) bond motifs is 6. The number of benzene rings is 1. The number of nitrogens with zero attached hydrogens (tertiary/aromatic N) is 2. The zero-order valence-corrected chi connectivity index (χ0v) is 13.9. The van der Waals surface area contributed by atoms with E-state index in [2.05, 4.69) is 35.0 Å². The summed E-state index contributed by atoms with van der Waals surface area (Å²) in [6, 6.07) is 10.7. The van der Waals surface area contributed by atoms with Gasteiger partial charge in [-0.15, -0.1) is 0 Å². The van der Waals surface area contributed by atoms with E-state index >= 15 is 0 Å². The van der Waals surface area contributed by atoms with Crippen LogP contribution >= 0.6 is 0 Å². The largest absolute Gasteiger partial charge is 0.497 e. The van der Waals surface area contributed by atoms with Gasteiger partial charge in [-0.2, -0.15) is 0 Å². The zero-order valence-electron chi connectivity index (χ0n) is 13.9. The van der Waals surface area contributed by atoms with Gasteiger partial charge in [-0.25, -0.2) is 4.98 Å². The molecule has 0 saturated carbocycles. The Morgan fingerprint density at radius 2 is 1.88 bits per heavy atom. The van der Waals surface area contributed by atoms with Gasteiger partial charge < -0.3 is 9.14 Å². The van der Waals surface area contributed by atoms with E-state index in [0.29, 0.717) is 0 Å². The first kappa shape index (κ1) is 13.8. The van der Waals surface area contributed by atoms with Gasteiger partial charge in [-0.1, -0.05) is 6.42 Å². The minimum absolute atomic E-state index is 0.881. The highest BCUT2D eigenvalue weighted by Gasteiger charge is 2.17. The van der Waals surface area contributed by atoms with Gasteiger partial charge in [0.05, 0.1) is 23.8 Å². The highest BCUT2D eigenvalue weighted by Crippen LogP contribution is 2.36. The van der Waals surface area contributed by atoms with Crippen LogP contribution in [0.15, 0.2) is 42.7 Å². The van der Waals surface area contributed by atoms with Gasteiger partial charge in [0.15, 0.2) is 0 Å². The SMILES string of the molecule is COc1ccc2nc3c4cc5c(cn4ccc-3c2c1)CCCCC5. The van der Waals surface area contributed by atoms with E-state index < -0.39 is 0 Å². The summed E-state index contributed by atoms with van der Waals surface area (Å²) >= 11 is 0. The third-order valence-electron chi connectivity index (χ3n) is 5.31. The molecule has 1 aromatic carbocycles. The van der Waals surface area contributed by atoms with Gasteiger partial charge in [0.25, 0.3) is 0 Å². The molecule has 0 spiro atoms. The van der Waals surface area contributed by atoms with Crippen molar-refractivity contribution in [3.63, 3.8) is 0 Å². The lowest BCUT2D eigenvalue weighted by Crippen LogP contribution is -1.99. The van der Waals surface area contributed by atoms with Crippen molar-refractivity contribution in [1.82, 2.24) is 9.38 Å². The predicted molar refractivity (Wildman–Crippen MR) is 97.1 cm³/mol. The van der Waals surface area contributed by atoms with Crippen molar-refractivity contribution in [2.75, 3.05) is 7.11 Å². The fraction of sp³-hybridized carbons (Fsp3) is 0.286. The van der Waals surface area contributed by atoms with E-state index in [1.54, 1.807) is 7.11 Å². The molecule has 0 amide bonds. The van der Waals surface area contributed by atoms with Gasteiger partial charge in [-0.3, -0.25) is 0 Å². The molecule has 0 bridgehead atoms. The third kappa shape index (κ3) is 2.01. The first-order valence-electron chi connectivity index (χ1n) is 8.73. The van der Waals surface area contributed by atoms with Crippen LogP contribution in [-0.4, -0.2) is 16.5 Å². The normalized spacial score (nSPS) is 14.9. The smallest absolute Gasteiger partial charge is 0.119 e. The lowest BCUT2D eigenvalue weighted by atomic mass is 10.0. The summed E-state index contributed by atoms with van der Waals surface area (Å²) in [4.78, 5) is 4.91. The summed E-state index contributed by atoms with van der Waals surface area (Å²) in [6.45, 7) is 0. The number of pyridine rings is 2. The van der Waals surface area contributed by atoms with E-state index in [1.165, 1.54) is 59.7 Å². The third-order valence-corrected chi connectivity index (χ3v) is 5.31. The van der Waals surface area contributed by atoms with Crippen LogP contribution in [0, 0.1) is 0 Å². The van der Waals surface area contributed by atoms with Gasteiger partial charge in [0, 0.05) is 23.3 Å². The molecule has 0 saturated heterocycles. The molecule has 0 fully saturated rings. The average Bonchev–Trinajstić information content (AvgIpc) is 2.83. The molecule has 0 atom stereocenters. The Morgan fingerprint density at radius 3 is 2.75 bits per heavy atom. The number of aromatic nitrogens is 2. The summed E-state index contributed by atoms with van der Waals surface area (Å²) in [5.74, 6) is 0.881. The van der Waals surface area contributed by atoms with Crippen LogP contribution in [0.2, 0.25) is 0 Å². The average molecular weight is 316 g/mol. The summed E-state index contributed by atoms with van der Waals surface area (Å²) in [7, 11) is 1.71. The van der Waals surface area contributed by atoms with Crippen molar-refractivity contribution >= 4 is 16.4 Å². The van der Waals surface area contributed by atoms with E-state index in [1.807, 2.05) is 12.1 Å². The molecule has 1 aliphatic carbocycles. The van der Waals surface area contributed by atoms with Gasteiger partial charge >= 0.3 is 0 Å². The molecule has 120 valence electrons. The highest BCUT2D eigenvalue weighted by molar-refractivity contribution is 6.02. The van der Waals surface area contributed by atoms with E-state index in [0.717, 1.165) is 17.0 Å². The molecule has 0 N–H and O–H groups in total. The van der Waals surface area contributed by atoms with Crippen LogP contribution in [0.25, 0.3) is 27.7 Å². The molecule has 2 aromatic rings. The highest BCUT2D eigenvalue weighted by atomic mass is 16.5. The first-order valence-corrected chi connectivity index (χ1v) is 8.73. The summed E-state index contributed by atoms with van der Waals surface area (Å²) in [5.41, 5.74) is 7.55. The van der Waals surface area contributed by atoms with Crippen molar-refractivity contribution in [3.05, 3.63) is 53.9 Å². The molecule has 0 unspecified atom stereocenters. The Kier molecular flexibility index (Phi) is 3.02. The van der Waals surface area contributed by atoms with Crippen molar-refractivity contribution in [3.8, 4) is 17.0 Å². The quantitative estimate of drug-likeness (QED) is 0.468. The Labute approximate surface area is 141 Å². The minimum Gasteiger partial charge on any atom is -0.497 e. The molecule has 0 radical (unpaired) electrons. The lowest BCUT2D eigenvalue weighted by molar-refractivity contribution is 0.415. The molecular weight excluding hydrogens is 296 g/mol. The molecule has 1 aromatic heterocycles. The van der Waals surface area contributed by atoms with Crippen molar-refractivity contribution in [2.45, 2.75) is 32.1 Å².